The topological polar surface area (TPSA) is 79.8 Å². The lowest BCUT2D eigenvalue weighted by molar-refractivity contribution is -0.125. The summed E-state index contributed by atoms with van der Waals surface area (Å²) in [7, 11) is 0. The van der Waals surface area contributed by atoms with E-state index < -0.39 is 0 Å². The number of benzene rings is 1. The van der Waals surface area contributed by atoms with Gasteiger partial charge in [0.2, 0.25) is 5.91 Å². The molecule has 0 aliphatic heterocycles. The normalized spacial score (nSPS) is 14.4. The molecule has 6 nitrogen and oxygen atoms in total. The lowest BCUT2D eigenvalue weighted by atomic mass is 9.97. The molecule has 0 saturated heterocycles. The van der Waals surface area contributed by atoms with Gasteiger partial charge in [-0.15, -0.1) is 0 Å². The fourth-order valence-corrected chi connectivity index (χ4v) is 2.78. The van der Waals surface area contributed by atoms with Gasteiger partial charge in [0.05, 0.1) is 5.71 Å². The van der Waals surface area contributed by atoms with Crippen LogP contribution in [0.4, 0.5) is 5.69 Å². The molecule has 1 aliphatic rings. The molecule has 140 valence electrons. The third-order valence-electron chi connectivity index (χ3n) is 4.17. The molecule has 1 aromatic carbocycles. The van der Waals surface area contributed by atoms with Crippen molar-refractivity contribution >= 4 is 23.2 Å². The van der Waals surface area contributed by atoms with Crippen molar-refractivity contribution in [3.63, 3.8) is 0 Å². The summed E-state index contributed by atoms with van der Waals surface area (Å²) in [5.41, 5.74) is 3.69. The maximum Gasteiger partial charge on any atom is 0.260 e. The number of rotatable bonds is 8. The highest BCUT2D eigenvalue weighted by Gasteiger charge is 2.06. The third kappa shape index (κ3) is 7.09. The maximum atomic E-state index is 11.8. The minimum atomic E-state index is -0.168. The van der Waals surface area contributed by atoms with Gasteiger partial charge in [-0.2, -0.15) is 0 Å². The molecule has 0 heterocycles. The fourth-order valence-electron chi connectivity index (χ4n) is 2.78. The number of hydrogen-bond acceptors (Lipinski definition) is 4. The number of oxime groups is 1. The highest BCUT2D eigenvalue weighted by molar-refractivity contribution is 5.99. The van der Waals surface area contributed by atoms with Crippen LogP contribution in [0.25, 0.3) is 0 Å². The summed E-state index contributed by atoms with van der Waals surface area (Å²) in [6, 6.07) is 7.27. The molecule has 1 aliphatic carbocycles. The number of nitrogens with one attached hydrogen (secondary N) is 2. The molecule has 0 unspecified atom stereocenters. The van der Waals surface area contributed by atoms with Gasteiger partial charge in [0.1, 0.15) is 0 Å². The predicted octanol–water partition coefficient (Wildman–Crippen LogP) is 3.39. The molecule has 0 fully saturated rings. The number of nitrogens with zero attached hydrogens (tertiary/aromatic N) is 1. The van der Waals surface area contributed by atoms with Crippen molar-refractivity contribution in [2.45, 2.75) is 46.0 Å². The Morgan fingerprint density at radius 3 is 2.58 bits per heavy atom. The molecule has 6 heteroatoms. The number of allylic oxidation sites excluding steroid dienone is 1. The van der Waals surface area contributed by atoms with Crippen molar-refractivity contribution in [3.8, 4) is 0 Å². The van der Waals surface area contributed by atoms with Crippen LogP contribution in [0.3, 0.4) is 0 Å². The second kappa shape index (κ2) is 10.4. The molecule has 0 atom stereocenters. The molecule has 0 spiro atoms. The van der Waals surface area contributed by atoms with E-state index in [2.05, 4.69) is 21.9 Å². The molecule has 0 radical (unpaired) electrons. The van der Waals surface area contributed by atoms with Gasteiger partial charge in [0, 0.05) is 19.2 Å². The fraction of sp³-hybridized carbons (Fsp3) is 0.450. The van der Waals surface area contributed by atoms with E-state index >= 15 is 0 Å². The van der Waals surface area contributed by atoms with Gasteiger partial charge < -0.3 is 15.5 Å². The van der Waals surface area contributed by atoms with Gasteiger partial charge in [-0.25, -0.2) is 0 Å². The minimum absolute atomic E-state index is 0.0969. The number of carbonyl (C=O) groups excluding carboxylic acids is 2. The van der Waals surface area contributed by atoms with Crippen molar-refractivity contribution in [3.05, 3.63) is 41.5 Å². The Labute approximate surface area is 154 Å². The van der Waals surface area contributed by atoms with Gasteiger partial charge in [0.15, 0.2) is 6.61 Å². The first-order chi connectivity index (χ1) is 12.5. The Balaban J connectivity index is 1.70. The Hall–Kier alpha value is -2.63. The number of carbonyl (C=O) groups is 2. The van der Waals surface area contributed by atoms with Crippen LogP contribution in [0, 0.1) is 0 Å². The van der Waals surface area contributed by atoms with Crippen LogP contribution < -0.4 is 10.6 Å². The van der Waals surface area contributed by atoms with Crippen molar-refractivity contribution < 1.29 is 14.4 Å². The first kappa shape index (κ1) is 19.7. The van der Waals surface area contributed by atoms with Crippen molar-refractivity contribution in [1.82, 2.24) is 5.32 Å². The smallest absolute Gasteiger partial charge is 0.260 e. The Kier molecular flexibility index (Phi) is 7.86. The zero-order valence-electron chi connectivity index (χ0n) is 15.5. The van der Waals surface area contributed by atoms with Crippen molar-refractivity contribution in [2.75, 3.05) is 18.5 Å². The second-order valence-electron chi connectivity index (χ2n) is 6.42. The second-order valence-corrected chi connectivity index (χ2v) is 6.42. The predicted molar refractivity (Wildman–Crippen MR) is 103 cm³/mol. The summed E-state index contributed by atoms with van der Waals surface area (Å²) < 4.78 is 0. The molecular formula is C20H27N3O3. The standard InChI is InChI=1S/C20H27N3O3/c1-15(18-8-10-19(11-9-18)22-16(2)24)23-26-14-20(25)21-13-12-17-6-4-3-5-7-17/h6,8-11H,3-5,7,12-14H2,1-2H3,(H,21,25)(H,22,24)/b23-15+. The Morgan fingerprint density at radius 2 is 1.92 bits per heavy atom. The van der Waals surface area contributed by atoms with Gasteiger partial charge in [-0.3, -0.25) is 9.59 Å². The van der Waals surface area contributed by atoms with E-state index in [0.717, 1.165) is 30.5 Å². The third-order valence-corrected chi connectivity index (χ3v) is 4.17. The Morgan fingerprint density at radius 1 is 1.15 bits per heavy atom. The molecule has 2 rings (SSSR count). The zero-order valence-corrected chi connectivity index (χ0v) is 15.5. The van der Waals surface area contributed by atoms with Crippen LogP contribution in [0.1, 0.15) is 51.5 Å². The summed E-state index contributed by atoms with van der Waals surface area (Å²) in [4.78, 5) is 27.9. The average molecular weight is 357 g/mol. The van der Waals surface area contributed by atoms with Crippen LogP contribution in [0.15, 0.2) is 41.1 Å². The molecule has 0 saturated carbocycles. The van der Waals surface area contributed by atoms with Crippen LogP contribution in [0.2, 0.25) is 0 Å². The minimum Gasteiger partial charge on any atom is -0.385 e. The van der Waals surface area contributed by atoms with Gasteiger partial charge in [-0.05, 0) is 56.7 Å². The van der Waals surface area contributed by atoms with Gasteiger partial charge >= 0.3 is 0 Å². The molecule has 0 aromatic heterocycles. The molecule has 2 amide bonds. The first-order valence-electron chi connectivity index (χ1n) is 9.04. The summed E-state index contributed by atoms with van der Waals surface area (Å²) in [6.07, 6.45) is 8.04. The lowest BCUT2D eigenvalue weighted by Crippen LogP contribution is -2.28. The maximum absolute atomic E-state index is 11.8. The van der Waals surface area contributed by atoms with Crippen LogP contribution in [0.5, 0.6) is 0 Å². The first-order valence-corrected chi connectivity index (χ1v) is 9.04. The SMILES string of the molecule is CC(=O)Nc1ccc(/C(C)=N/OCC(=O)NCCC2=CCCCC2)cc1. The Bertz CT molecular complexity index is 678. The molecule has 2 N–H and O–H groups in total. The monoisotopic (exact) mass is 357 g/mol. The zero-order chi connectivity index (χ0) is 18.8. The largest absolute Gasteiger partial charge is 0.385 e. The van der Waals surface area contributed by atoms with Crippen LogP contribution in [-0.4, -0.2) is 30.7 Å². The molecule has 26 heavy (non-hydrogen) atoms. The van der Waals surface area contributed by atoms with Gasteiger partial charge in [0.25, 0.3) is 5.91 Å². The highest BCUT2D eigenvalue weighted by atomic mass is 16.6. The molecular weight excluding hydrogens is 330 g/mol. The van der Waals surface area contributed by atoms with E-state index in [1.807, 2.05) is 12.1 Å². The van der Waals surface area contributed by atoms with E-state index in [4.69, 9.17) is 4.84 Å². The number of hydrogen-bond donors (Lipinski definition) is 2. The van der Waals surface area contributed by atoms with Crippen molar-refractivity contribution in [2.24, 2.45) is 5.16 Å². The number of amides is 2. The van der Waals surface area contributed by atoms with Crippen molar-refractivity contribution in [1.29, 1.82) is 0 Å². The number of anilines is 1. The molecule has 0 bridgehead atoms. The average Bonchev–Trinajstić information content (AvgIpc) is 2.62. The van der Waals surface area contributed by atoms with E-state index in [-0.39, 0.29) is 18.4 Å². The van der Waals surface area contributed by atoms with Crippen LogP contribution in [-0.2, 0) is 14.4 Å². The quantitative estimate of drug-likeness (QED) is 0.425. The van der Waals surface area contributed by atoms with E-state index in [1.165, 1.54) is 25.3 Å². The molecule has 1 aromatic rings. The summed E-state index contributed by atoms with van der Waals surface area (Å²) >= 11 is 0. The van der Waals surface area contributed by atoms with Gasteiger partial charge in [-0.1, -0.05) is 28.9 Å². The van der Waals surface area contributed by atoms with E-state index in [1.54, 1.807) is 19.1 Å². The summed E-state index contributed by atoms with van der Waals surface area (Å²) in [6.45, 7) is 3.81. The lowest BCUT2D eigenvalue weighted by Gasteiger charge is -2.12. The van der Waals surface area contributed by atoms with Crippen LogP contribution >= 0.6 is 0 Å². The van der Waals surface area contributed by atoms with E-state index in [0.29, 0.717) is 12.3 Å². The summed E-state index contributed by atoms with van der Waals surface area (Å²) in [5.74, 6) is -0.281. The highest BCUT2D eigenvalue weighted by Crippen LogP contribution is 2.19. The summed E-state index contributed by atoms with van der Waals surface area (Å²) in [5, 5.41) is 9.54. The van der Waals surface area contributed by atoms with E-state index in [9.17, 15) is 9.59 Å².